The standard InChI is InChI=1S/C29H29NO2/c1-29-18-25(20-8-6-19(7-9-20)5-3-2-4-16-30)28-23-13-11-22(31)17-21(23)10-12-24(28)26(29)14-15-27(29)32/h2,4,6-9,17,24-27,32H,10-15,18H2,1H3/b4-2-/t24?,25-,26?,27?,29+/m1/s1. The number of aliphatic hydroxyl groups excluding tert-OH is 1. The van der Waals surface area contributed by atoms with Crippen molar-refractivity contribution in [3.63, 3.8) is 0 Å². The van der Waals surface area contributed by atoms with Gasteiger partial charge in [-0.05, 0) is 96.8 Å². The van der Waals surface area contributed by atoms with Gasteiger partial charge < -0.3 is 5.11 Å². The zero-order valence-corrected chi connectivity index (χ0v) is 18.6. The van der Waals surface area contributed by atoms with Gasteiger partial charge in [0.2, 0.25) is 0 Å². The molecule has 0 heterocycles. The summed E-state index contributed by atoms with van der Waals surface area (Å²) in [6.07, 6.45) is 11.2. The van der Waals surface area contributed by atoms with Crippen LogP contribution in [0.1, 0.15) is 68.9 Å². The van der Waals surface area contributed by atoms with Crippen LogP contribution >= 0.6 is 0 Å². The summed E-state index contributed by atoms with van der Waals surface area (Å²) in [5.74, 6) is 7.56. The lowest BCUT2D eigenvalue weighted by molar-refractivity contribution is -0.114. The number of allylic oxidation sites excluding steroid dienone is 6. The van der Waals surface area contributed by atoms with Gasteiger partial charge in [-0.3, -0.25) is 4.79 Å². The van der Waals surface area contributed by atoms with Crippen molar-refractivity contribution in [3.8, 4) is 17.9 Å². The normalized spacial score (nSPS) is 33.5. The molecule has 0 saturated heterocycles. The largest absolute Gasteiger partial charge is 0.393 e. The fraction of sp³-hybridized carbons (Fsp3) is 0.448. The summed E-state index contributed by atoms with van der Waals surface area (Å²) in [5, 5.41) is 19.6. The third kappa shape index (κ3) is 3.46. The van der Waals surface area contributed by atoms with E-state index < -0.39 is 0 Å². The average molecular weight is 424 g/mol. The maximum atomic E-state index is 12.1. The quantitative estimate of drug-likeness (QED) is 0.487. The fourth-order valence-corrected chi connectivity index (χ4v) is 6.93. The lowest BCUT2D eigenvalue weighted by Crippen LogP contribution is -2.45. The average Bonchev–Trinajstić information content (AvgIpc) is 3.10. The number of rotatable bonds is 1. The molecule has 1 aromatic carbocycles. The summed E-state index contributed by atoms with van der Waals surface area (Å²) in [6, 6.07) is 10.4. The van der Waals surface area contributed by atoms with Crippen LogP contribution in [0.2, 0.25) is 0 Å². The highest BCUT2D eigenvalue weighted by Crippen LogP contribution is 2.63. The maximum absolute atomic E-state index is 12.1. The van der Waals surface area contributed by atoms with Crippen LogP contribution in [0.3, 0.4) is 0 Å². The van der Waals surface area contributed by atoms with Gasteiger partial charge >= 0.3 is 0 Å². The molecule has 4 aliphatic carbocycles. The van der Waals surface area contributed by atoms with Gasteiger partial charge in [0.05, 0.1) is 12.2 Å². The van der Waals surface area contributed by atoms with E-state index in [4.69, 9.17) is 5.26 Å². The number of ketones is 1. The number of nitriles is 1. The monoisotopic (exact) mass is 423 g/mol. The number of fused-ring (bicyclic) bond motifs is 4. The summed E-state index contributed by atoms with van der Waals surface area (Å²) in [5.41, 5.74) is 6.44. The van der Waals surface area contributed by atoms with E-state index in [1.165, 1.54) is 22.8 Å². The van der Waals surface area contributed by atoms with Crippen molar-refractivity contribution in [1.29, 1.82) is 5.26 Å². The molecule has 1 aromatic rings. The van der Waals surface area contributed by atoms with Gasteiger partial charge in [0, 0.05) is 24.0 Å². The minimum atomic E-state index is -0.233. The minimum absolute atomic E-state index is 0.0499. The zero-order chi connectivity index (χ0) is 22.3. The Morgan fingerprint density at radius 3 is 2.69 bits per heavy atom. The van der Waals surface area contributed by atoms with E-state index in [0.717, 1.165) is 44.1 Å². The third-order valence-electron chi connectivity index (χ3n) is 8.45. The van der Waals surface area contributed by atoms with Crippen molar-refractivity contribution in [1.82, 2.24) is 0 Å². The first-order chi connectivity index (χ1) is 15.5. The first kappa shape index (κ1) is 21.0. The Labute approximate surface area is 190 Å². The minimum Gasteiger partial charge on any atom is -0.393 e. The van der Waals surface area contributed by atoms with Gasteiger partial charge in [-0.1, -0.05) is 36.5 Å². The molecule has 3 unspecified atom stereocenters. The summed E-state index contributed by atoms with van der Waals surface area (Å²) in [6.45, 7) is 2.31. The number of carbonyl (C=O) groups is 1. The smallest absolute Gasteiger partial charge is 0.156 e. The highest BCUT2D eigenvalue weighted by Gasteiger charge is 2.56. The fourth-order valence-electron chi connectivity index (χ4n) is 6.93. The topological polar surface area (TPSA) is 61.1 Å². The van der Waals surface area contributed by atoms with E-state index >= 15 is 0 Å². The molecule has 4 aliphatic rings. The zero-order valence-electron chi connectivity index (χ0n) is 18.6. The lowest BCUT2D eigenvalue weighted by atomic mass is 9.53. The molecule has 5 atom stereocenters. The van der Waals surface area contributed by atoms with Crippen LogP contribution in [-0.4, -0.2) is 17.0 Å². The molecule has 0 amide bonds. The van der Waals surface area contributed by atoms with Gasteiger partial charge in [0.25, 0.3) is 0 Å². The lowest BCUT2D eigenvalue weighted by Gasteiger charge is -2.52. The van der Waals surface area contributed by atoms with Crippen LogP contribution in [0.4, 0.5) is 0 Å². The van der Waals surface area contributed by atoms with Crippen molar-refractivity contribution in [3.05, 3.63) is 70.3 Å². The van der Waals surface area contributed by atoms with Crippen LogP contribution in [0.5, 0.6) is 0 Å². The second kappa shape index (κ2) is 8.23. The van der Waals surface area contributed by atoms with E-state index in [9.17, 15) is 9.90 Å². The van der Waals surface area contributed by atoms with Crippen LogP contribution in [0, 0.1) is 40.4 Å². The summed E-state index contributed by atoms with van der Waals surface area (Å²) >= 11 is 0. The molecule has 0 aliphatic heterocycles. The van der Waals surface area contributed by atoms with Crippen LogP contribution in [0.15, 0.2) is 59.2 Å². The molecule has 0 spiro atoms. The molecular formula is C29H29NO2. The van der Waals surface area contributed by atoms with Crippen molar-refractivity contribution in [2.45, 2.75) is 63.9 Å². The first-order valence-corrected chi connectivity index (χ1v) is 11.8. The molecule has 2 saturated carbocycles. The summed E-state index contributed by atoms with van der Waals surface area (Å²) in [7, 11) is 0. The van der Waals surface area contributed by atoms with Crippen LogP contribution in [0.25, 0.3) is 0 Å². The molecule has 0 bridgehead atoms. The Hall–Kier alpha value is -2.88. The summed E-state index contributed by atoms with van der Waals surface area (Å²) < 4.78 is 0. The van der Waals surface area contributed by atoms with Crippen LogP contribution in [-0.2, 0) is 4.79 Å². The molecule has 5 rings (SSSR count). The second-order valence-corrected chi connectivity index (χ2v) is 10.0. The van der Waals surface area contributed by atoms with E-state index in [2.05, 4.69) is 43.0 Å². The Balaban J connectivity index is 1.57. The van der Waals surface area contributed by atoms with Gasteiger partial charge in [0.1, 0.15) is 0 Å². The Bertz CT molecular complexity index is 1130. The van der Waals surface area contributed by atoms with Gasteiger partial charge in [-0.15, -0.1) is 0 Å². The molecular weight excluding hydrogens is 394 g/mol. The van der Waals surface area contributed by atoms with Gasteiger partial charge in [-0.2, -0.15) is 5.26 Å². The number of hydrogen-bond acceptors (Lipinski definition) is 3. The first-order valence-electron chi connectivity index (χ1n) is 11.8. The summed E-state index contributed by atoms with van der Waals surface area (Å²) in [4.78, 5) is 12.1. The highest BCUT2D eigenvalue weighted by atomic mass is 16.3. The third-order valence-corrected chi connectivity index (χ3v) is 8.45. The van der Waals surface area contributed by atoms with Gasteiger partial charge in [-0.25, -0.2) is 0 Å². The SMILES string of the molecule is C[C@]12C[C@H](c3ccc(C#C/C=C\C#N)cc3)C3=C4CCC(=O)C=C4CCC3C1CCC2O. The Kier molecular flexibility index (Phi) is 5.40. The predicted octanol–water partition coefficient (Wildman–Crippen LogP) is 5.38. The predicted molar refractivity (Wildman–Crippen MR) is 124 cm³/mol. The van der Waals surface area contributed by atoms with Crippen molar-refractivity contribution in [2.24, 2.45) is 17.3 Å². The van der Waals surface area contributed by atoms with E-state index in [1.807, 2.05) is 12.1 Å². The molecule has 0 aromatic heterocycles. The van der Waals surface area contributed by atoms with Crippen molar-refractivity contribution < 1.29 is 9.90 Å². The van der Waals surface area contributed by atoms with E-state index in [-0.39, 0.29) is 23.2 Å². The highest BCUT2D eigenvalue weighted by molar-refractivity contribution is 5.93. The Morgan fingerprint density at radius 1 is 1.09 bits per heavy atom. The number of aliphatic hydroxyl groups is 1. The van der Waals surface area contributed by atoms with Crippen LogP contribution < -0.4 is 0 Å². The number of benzene rings is 1. The molecule has 3 nitrogen and oxygen atoms in total. The Morgan fingerprint density at radius 2 is 1.91 bits per heavy atom. The number of hydrogen-bond donors (Lipinski definition) is 1. The molecule has 3 heteroatoms. The molecule has 1 N–H and O–H groups in total. The maximum Gasteiger partial charge on any atom is 0.156 e. The molecule has 32 heavy (non-hydrogen) atoms. The molecule has 2 fully saturated rings. The van der Waals surface area contributed by atoms with Crippen molar-refractivity contribution >= 4 is 5.78 Å². The van der Waals surface area contributed by atoms with E-state index in [0.29, 0.717) is 18.3 Å². The van der Waals surface area contributed by atoms with Crippen molar-refractivity contribution in [2.75, 3.05) is 0 Å². The van der Waals surface area contributed by atoms with E-state index in [1.54, 1.807) is 11.6 Å². The number of nitrogens with zero attached hydrogens (tertiary/aromatic N) is 1. The molecule has 0 radical (unpaired) electrons. The molecule has 162 valence electrons. The van der Waals surface area contributed by atoms with Gasteiger partial charge in [0.15, 0.2) is 5.78 Å². The second-order valence-electron chi connectivity index (χ2n) is 10.0. The number of carbonyl (C=O) groups excluding carboxylic acids is 1.